The normalized spacial score (nSPS) is 10.9. The third-order valence-corrected chi connectivity index (χ3v) is 6.45. The van der Waals surface area contributed by atoms with E-state index in [1.807, 2.05) is 60.0 Å². The van der Waals surface area contributed by atoms with Gasteiger partial charge in [-0.05, 0) is 67.1 Å². The van der Waals surface area contributed by atoms with Crippen LogP contribution < -0.4 is 5.32 Å². The first kappa shape index (κ1) is 22.7. The number of amides is 1. The first-order chi connectivity index (χ1) is 15.4. The average Bonchev–Trinajstić information content (AvgIpc) is 3.19. The van der Waals surface area contributed by atoms with E-state index in [4.69, 9.17) is 34.8 Å². The Balaban J connectivity index is 1.60. The molecule has 32 heavy (non-hydrogen) atoms. The molecule has 0 aliphatic rings. The number of nitrogens with one attached hydrogen (secondary N) is 1. The van der Waals surface area contributed by atoms with Crippen molar-refractivity contribution in [2.75, 3.05) is 11.1 Å². The molecule has 0 spiro atoms. The topological polar surface area (TPSA) is 59.8 Å². The first-order valence-corrected chi connectivity index (χ1v) is 11.7. The lowest BCUT2D eigenvalue weighted by atomic mass is 10.2. The SMILES string of the molecule is Cc1cccc(-n2c(SCC(=O)Nc3ccc(Cl)c(Cl)c3)nnc2-c2ccc(Cl)cc2)c1. The first-order valence-electron chi connectivity index (χ1n) is 9.57. The van der Waals surface area contributed by atoms with Gasteiger partial charge >= 0.3 is 0 Å². The van der Waals surface area contributed by atoms with Crippen LogP contribution in [-0.2, 0) is 4.79 Å². The van der Waals surface area contributed by atoms with Crippen molar-refractivity contribution in [2.45, 2.75) is 12.1 Å². The van der Waals surface area contributed by atoms with Gasteiger partial charge in [0.05, 0.1) is 15.8 Å². The number of hydrogen-bond acceptors (Lipinski definition) is 4. The molecule has 0 aliphatic heterocycles. The Morgan fingerprint density at radius 1 is 0.969 bits per heavy atom. The lowest BCUT2D eigenvalue weighted by molar-refractivity contribution is -0.113. The molecule has 1 heterocycles. The maximum absolute atomic E-state index is 12.5. The van der Waals surface area contributed by atoms with E-state index >= 15 is 0 Å². The Labute approximate surface area is 204 Å². The summed E-state index contributed by atoms with van der Waals surface area (Å²) >= 11 is 19.3. The van der Waals surface area contributed by atoms with Crippen LogP contribution in [0.5, 0.6) is 0 Å². The van der Waals surface area contributed by atoms with E-state index in [2.05, 4.69) is 15.5 Å². The second-order valence-corrected chi connectivity index (χ2v) is 9.15. The molecule has 9 heteroatoms. The van der Waals surface area contributed by atoms with Gasteiger partial charge in [-0.2, -0.15) is 0 Å². The fourth-order valence-corrected chi connectivity index (χ4v) is 4.23. The van der Waals surface area contributed by atoms with Crippen LogP contribution in [0.3, 0.4) is 0 Å². The minimum absolute atomic E-state index is 0.144. The Hall–Kier alpha value is -2.51. The van der Waals surface area contributed by atoms with Gasteiger partial charge in [0, 0.05) is 22.0 Å². The smallest absolute Gasteiger partial charge is 0.234 e. The fraction of sp³-hybridized carbons (Fsp3) is 0.0870. The van der Waals surface area contributed by atoms with Crippen molar-refractivity contribution in [1.29, 1.82) is 0 Å². The van der Waals surface area contributed by atoms with Crippen molar-refractivity contribution in [3.05, 3.63) is 87.4 Å². The van der Waals surface area contributed by atoms with Gasteiger partial charge in [-0.3, -0.25) is 9.36 Å². The molecule has 0 unspecified atom stereocenters. The zero-order valence-corrected chi connectivity index (χ0v) is 19.9. The molecule has 5 nitrogen and oxygen atoms in total. The van der Waals surface area contributed by atoms with E-state index in [0.29, 0.717) is 31.7 Å². The van der Waals surface area contributed by atoms with Crippen LogP contribution >= 0.6 is 46.6 Å². The summed E-state index contributed by atoms with van der Waals surface area (Å²) in [7, 11) is 0. The number of anilines is 1. The minimum Gasteiger partial charge on any atom is -0.325 e. The molecule has 4 rings (SSSR count). The Bertz CT molecular complexity index is 1270. The number of carbonyl (C=O) groups is 1. The highest BCUT2D eigenvalue weighted by molar-refractivity contribution is 7.99. The van der Waals surface area contributed by atoms with E-state index < -0.39 is 0 Å². The van der Waals surface area contributed by atoms with Crippen LogP contribution in [0.1, 0.15) is 5.56 Å². The average molecular weight is 504 g/mol. The maximum atomic E-state index is 12.5. The van der Waals surface area contributed by atoms with Crippen LogP contribution in [-0.4, -0.2) is 26.4 Å². The number of aromatic nitrogens is 3. The predicted molar refractivity (Wildman–Crippen MR) is 132 cm³/mol. The summed E-state index contributed by atoms with van der Waals surface area (Å²) in [6.45, 7) is 2.02. The Morgan fingerprint density at radius 2 is 1.75 bits per heavy atom. The van der Waals surface area contributed by atoms with Crippen LogP contribution in [0.4, 0.5) is 5.69 Å². The van der Waals surface area contributed by atoms with Crippen molar-refractivity contribution in [2.24, 2.45) is 0 Å². The van der Waals surface area contributed by atoms with Gasteiger partial charge in [0.2, 0.25) is 5.91 Å². The molecule has 0 radical (unpaired) electrons. The second-order valence-electron chi connectivity index (χ2n) is 6.95. The zero-order chi connectivity index (χ0) is 22.7. The van der Waals surface area contributed by atoms with E-state index in [1.165, 1.54) is 11.8 Å². The molecule has 4 aromatic rings. The third kappa shape index (κ3) is 5.27. The summed E-state index contributed by atoms with van der Waals surface area (Å²) < 4.78 is 1.94. The number of halogens is 3. The zero-order valence-electron chi connectivity index (χ0n) is 16.8. The number of nitrogens with zero attached hydrogens (tertiary/aromatic N) is 3. The molecule has 162 valence electrons. The molecule has 1 amide bonds. The number of hydrogen-bond donors (Lipinski definition) is 1. The van der Waals surface area contributed by atoms with Crippen molar-refractivity contribution in [3.8, 4) is 17.1 Å². The summed E-state index contributed by atoms with van der Waals surface area (Å²) in [6, 6.07) is 20.4. The molecule has 3 aromatic carbocycles. The molecule has 0 aliphatic carbocycles. The predicted octanol–water partition coefficient (Wildman–Crippen LogP) is 6.93. The molecule has 0 fully saturated rings. The third-order valence-electron chi connectivity index (χ3n) is 4.53. The van der Waals surface area contributed by atoms with Crippen molar-refractivity contribution in [3.63, 3.8) is 0 Å². The highest BCUT2D eigenvalue weighted by atomic mass is 35.5. The minimum atomic E-state index is -0.194. The number of aryl methyl sites for hydroxylation is 1. The quantitative estimate of drug-likeness (QED) is 0.290. The Morgan fingerprint density at radius 3 is 2.47 bits per heavy atom. The second kappa shape index (κ2) is 9.96. The van der Waals surface area contributed by atoms with E-state index in [1.54, 1.807) is 18.2 Å². The fourth-order valence-electron chi connectivity index (χ4n) is 3.05. The van der Waals surface area contributed by atoms with E-state index in [0.717, 1.165) is 16.8 Å². The number of benzene rings is 3. The van der Waals surface area contributed by atoms with E-state index in [-0.39, 0.29) is 11.7 Å². The molecule has 1 N–H and O–H groups in total. The van der Waals surface area contributed by atoms with Gasteiger partial charge in [-0.25, -0.2) is 0 Å². The molecule has 0 atom stereocenters. The summed E-state index contributed by atoms with van der Waals surface area (Å²) in [4.78, 5) is 12.5. The lowest BCUT2D eigenvalue weighted by Gasteiger charge is -2.11. The van der Waals surface area contributed by atoms with E-state index in [9.17, 15) is 4.79 Å². The van der Waals surface area contributed by atoms with Crippen LogP contribution in [0.15, 0.2) is 71.9 Å². The van der Waals surface area contributed by atoms with Crippen LogP contribution in [0.25, 0.3) is 17.1 Å². The summed E-state index contributed by atoms with van der Waals surface area (Å²) in [5.41, 5.74) is 3.46. The molecule has 0 bridgehead atoms. The molecule has 0 saturated heterocycles. The van der Waals surface area contributed by atoms with Gasteiger partial charge in [-0.1, -0.05) is 58.7 Å². The summed E-state index contributed by atoms with van der Waals surface area (Å²) in [6.07, 6.45) is 0. The largest absolute Gasteiger partial charge is 0.325 e. The van der Waals surface area contributed by atoms with Gasteiger partial charge < -0.3 is 5.32 Å². The Kier molecular flexibility index (Phi) is 7.06. The lowest BCUT2D eigenvalue weighted by Crippen LogP contribution is -2.14. The van der Waals surface area contributed by atoms with Gasteiger partial charge in [0.1, 0.15) is 0 Å². The molecule has 0 saturated carbocycles. The standard InChI is InChI=1S/C23H17Cl3N4OS/c1-14-3-2-4-18(11-14)30-22(15-5-7-16(24)8-6-15)28-29-23(30)32-13-21(31)27-17-9-10-19(25)20(26)12-17/h2-12H,13H2,1H3,(H,27,31). The molecular weight excluding hydrogens is 487 g/mol. The van der Waals surface area contributed by atoms with Crippen LogP contribution in [0, 0.1) is 6.92 Å². The van der Waals surface area contributed by atoms with Crippen LogP contribution in [0.2, 0.25) is 15.1 Å². The monoisotopic (exact) mass is 502 g/mol. The number of carbonyl (C=O) groups excluding carboxylic acids is 1. The number of rotatable bonds is 6. The number of thioether (sulfide) groups is 1. The summed E-state index contributed by atoms with van der Waals surface area (Å²) in [5.74, 6) is 0.616. The van der Waals surface area contributed by atoms with Gasteiger partial charge in [0.15, 0.2) is 11.0 Å². The molecular formula is C23H17Cl3N4OS. The molecule has 1 aromatic heterocycles. The summed E-state index contributed by atoms with van der Waals surface area (Å²) in [5, 5.41) is 13.6. The van der Waals surface area contributed by atoms with Gasteiger partial charge in [0.25, 0.3) is 0 Å². The van der Waals surface area contributed by atoms with Crippen molar-refractivity contribution in [1.82, 2.24) is 14.8 Å². The highest BCUT2D eigenvalue weighted by Gasteiger charge is 2.17. The highest BCUT2D eigenvalue weighted by Crippen LogP contribution is 2.30. The van der Waals surface area contributed by atoms with Crippen molar-refractivity contribution < 1.29 is 4.79 Å². The van der Waals surface area contributed by atoms with Gasteiger partial charge in [-0.15, -0.1) is 10.2 Å². The maximum Gasteiger partial charge on any atom is 0.234 e. The van der Waals surface area contributed by atoms with Crippen molar-refractivity contribution >= 4 is 58.2 Å².